The molecular formula is C6H9N3. The zero-order valence-corrected chi connectivity index (χ0v) is 5.04. The lowest BCUT2D eigenvalue weighted by atomic mass is 10.2. The van der Waals surface area contributed by atoms with E-state index >= 15 is 0 Å². The molecule has 1 aliphatic carbocycles. The quantitative estimate of drug-likeness (QED) is 0.389. The topological polar surface area (TPSA) is 50.4 Å². The Kier molecular flexibility index (Phi) is 2.04. The molecule has 0 heterocycles. The molecule has 0 aromatic rings. The Hall–Kier alpha value is -1.09. The monoisotopic (exact) mass is 123 g/mol. The smallest absolute Gasteiger partial charge is 0.0656 e. The molecule has 0 amide bonds. The third-order valence-corrected chi connectivity index (χ3v) is 1.07. The Labute approximate surface area is 53.9 Å². The molecule has 1 aliphatic rings. The predicted molar refractivity (Wildman–Crippen MR) is 37.7 cm³/mol. The molecule has 0 fully saturated rings. The van der Waals surface area contributed by atoms with Crippen LogP contribution in [0.2, 0.25) is 0 Å². The van der Waals surface area contributed by atoms with E-state index in [9.17, 15) is 0 Å². The summed E-state index contributed by atoms with van der Waals surface area (Å²) in [6.45, 7) is 0. The van der Waals surface area contributed by atoms with Gasteiger partial charge in [0.25, 0.3) is 0 Å². The molecule has 0 spiro atoms. The van der Waals surface area contributed by atoms with E-state index in [4.69, 9.17) is 5.84 Å². The second-order valence-electron chi connectivity index (χ2n) is 1.72. The van der Waals surface area contributed by atoms with Crippen LogP contribution in [0.1, 0.15) is 6.42 Å². The molecule has 0 aromatic heterocycles. The van der Waals surface area contributed by atoms with Gasteiger partial charge in [0.05, 0.1) is 5.71 Å². The van der Waals surface area contributed by atoms with Crippen molar-refractivity contribution in [3.8, 4) is 0 Å². The van der Waals surface area contributed by atoms with Crippen LogP contribution in [-0.2, 0) is 0 Å². The first-order valence-corrected chi connectivity index (χ1v) is 2.79. The summed E-state index contributed by atoms with van der Waals surface area (Å²) in [4.78, 5) is 0. The predicted octanol–water partition coefficient (Wildman–Crippen LogP) is 0.322. The molecule has 9 heavy (non-hydrogen) atoms. The van der Waals surface area contributed by atoms with Crippen LogP contribution in [0.4, 0.5) is 0 Å². The summed E-state index contributed by atoms with van der Waals surface area (Å²) in [6.07, 6.45) is 8.71. The van der Waals surface area contributed by atoms with Gasteiger partial charge in [0.2, 0.25) is 0 Å². The minimum absolute atomic E-state index is 0.862. The van der Waals surface area contributed by atoms with E-state index in [-0.39, 0.29) is 0 Å². The highest BCUT2D eigenvalue weighted by molar-refractivity contribution is 5.96. The van der Waals surface area contributed by atoms with Gasteiger partial charge in [-0.15, -0.1) is 0 Å². The van der Waals surface area contributed by atoms with E-state index in [1.54, 1.807) is 0 Å². The maximum Gasteiger partial charge on any atom is 0.0656 e. The fourth-order valence-electron chi connectivity index (χ4n) is 0.668. The average Bonchev–Trinajstić information content (AvgIpc) is 1.91. The van der Waals surface area contributed by atoms with Crippen LogP contribution >= 0.6 is 0 Å². The Morgan fingerprint density at radius 1 is 1.56 bits per heavy atom. The van der Waals surface area contributed by atoms with Crippen LogP contribution in [0, 0.1) is 0 Å². The summed E-state index contributed by atoms with van der Waals surface area (Å²) in [6, 6.07) is 0. The first kappa shape index (κ1) is 6.04. The number of nitrogens with two attached hydrogens (primary N) is 1. The van der Waals surface area contributed by atoms with Crippen molar-refractivity contribution < 1.29 is 0 Å². The second kappa shape index (κ2) is 3.04. The van der Waals surface area contributed by atoms with Crippen molar-refractivity contribution in [1.82, 2.24) is 5.53 Å². The number of allylic oxidation sites excluding steroid dienone is 4. The summed E-state index contributed by atoms with van der Waals surface area (Å²) in [5.41, 5.74) is 3.20. The van der Waals surface area contributed by atoms with Crippen LogP contribution in [0.3, 0.4) is 0 Å². The lowest BCUT2D eigenvalue weighted by molar-refractivity contribution is 0.803. The van der Waals surface area contributed by atoms with E-state index in [0.717, 1.165) is 12.1 Å². The van der Waals surface area contributed by atoms with Crippen LogP contribution in [0.25, 0.3) is 0 Å². The SMILES string of the molecule is NN/N=C1/C=CC=CC1. The van der Waals surface area contributed by atoms with Crippen molar-refractivity contribution in [3.05, 3.63) is 24.3 Å². The van der Waals surface area contributed by atoms with Crippen molar-refractivity contribution in [2.45, 2.75) is 6.42 Å². The lowest BCUT2D eigenvalue weighted by Gasteiger charge is -1.98. The number of hydrogen-bond donors (Lipinski definition) is 2. The number of nitrogens with one attached hydrogen (secondary N) is 1. The van der Waals surface area contributed by atoms with E-state index < -0.39 is 0 Å². The molecule has 0 atom stereocenters. The average molecular weight is 123 g/mol. The normalized spacial score (nSPS) is 20.8. The fraction of sp³-hybridized carbons (Fsp3) is 0.167. The molecule has 0 aromatic carbocycles. The Bertz CT molecular complexity index is 167. The molecule has 48 valence electrons. The number of hydrogen-bond acceptors (Lipinski definition) is 3. The zero-order chi connectivity index (χ0) is 6.53. The van der Waals surface area contributed by atoms with E-state index in [2.05, 4.69) is 10.6 Å². The van der Waals surface area contributed by atoms with Crippen molar-refractivity contribution in [2.24, 2.45) is 10.9 Å². The van der Waals surface area contributed by atoms with Crippen molar-refractivity contribution in [2.75, 3.05) is 0 Å². The van der Waals surface area contributed by atoms with Gasteiger partial charge in [-0.1, -0.05) is 18.2 Å². The minimum atomic E-state index is 0.862. The highest BCUT2D eigenvalue weighted by Crippen LogP contribution is 1.97. The van der Waals surface area contributed by atoms with Crippen LogP contribution in [0.15, 0.2) is 29.4 Å². The largest absolute Gasteiger partial charge is 0.245 e. The molecule has 3 nitrogen and oxygen atoms in total. The molecule has 0 saturated heterocycles. The Morgan fingerprint density at radius 2 is 2.44 bits per heavy atom. The molecule has 3 heteroatoms. The minimum Gasteiger partial charge on any atom is -0.245 e. The lowest BCUT2D eigenvalue weighted by Crippen LogP contribution is -2.16. The number of nitrogens with zero attached hydrogens (tertiary/aromatic N) is 1. The third kappa shape index (κ3) is 1.70. The molecule has 3 N–H and O–H groups in total. The standard InChI is InChI=1S/C6H9N3/c7-9-8-6-4-2-1-3-5-6/h1-4,9H,5,7H2/b8-6-. The van der Waals surface area contributed by atoms with Gasteiger partial charge in [-0.05, 0) is 6.08 Å². The molecule has 0 radical (unpaired) electrons. The highest BCUT2D eigenvalue weighted by Gasteiger charge is 1.92. The van der Waals surface area contributed by atoms with Gasteiger partial charge in [0.1, 0.15) is 0 Å². The molecule has 0 saturated carbocycles. The van der Waals surface area contributed by atoms with Crippen LogP contribution in [-0.4, -0.2) is 5.71 Å². The maximum absolute atomic E-state index is 4.96. The highest BCUT2D eigenvalue weighted by atomic mass is 15.5. The second-order valence-corrected chi connectivity index (χ2v) is 1.72. The molecule has 1 rings (SSSR count). The van der Waals surface area contributed by atoms with Crippen LogP contribution < -0.4 is 11.4 Å². The van der Waals surface area contributed by atoms with E-state index in [0.29, 0.717) is 0 Å². The van der Waals surface area contributed by atoms with Crippen molar-refractivity contribution in [3.63, 3.8) is 0 Å². The first-order valence-electron chi connectivity index (χ1n) is 2.79. The summed E-state index contributed by atoms with van der Waals surface area (Å²) >= 11 is 0. The van der Waals surface area contributed by atoms with Crippen molar-refractivity contribution in [1.29, 1.82) is 0 Å². The first-order chi connectivity index (χ1) is 4.43. The zero-order valence-electron chi connectivity index (χ0n) is 5.04. The van der Waals surface area contributed by atoms with Gasteiger partial charge >= 0.3 is 0 Å². The molecule has 0 unspecified atom stereocenters. The number of rotatable bonds is 1. The Morgan fingerprint density at radius 3 is 3.00 bits per heavy atom. The van der Waals surface area contributed by atoms with E-state index in [1.807, 2.05) is 24.3 Å². The van der Waals surface area contributed by atoms with Gasteiger partial charge in [-0.3, -0.25) is 0 Å². The summed E-state index contributed by atoms with van der Waals surface area (Å²) in [5.74, 6) is 4.96. The third-order valence-electron chi connectivity index (χ3n) is 1.07. The number of hydrazone groups is 1. The van der Waals surface area contributed by atoms with Gasteiger partial charge in [0, 0.05) is 6.42 Å². The van der Waals surface area contributed by atoms with E-state index in [1.165, 1.54) is 0 Å². The summed E-state index contributed by atoms with van der Waals surface area (Å²) in [7, 11) is 0. The number of hydrazine groups is 1. The summed E-state index contributed by atoms with van der Waals surface area (Å²) in [5, 5.41) is 3.79. The molecular weight excluding hydrogens is 114 g/mol. The summed E-state index contributed by atoms with van der Waals surface area (Å²) < 4.78 is 0. The van der Waals surface area contributed by atoms with Gasteiger partial charge < -0.3 is 0 Å². The fourth-order valence-corrected chi connectivity index (χ4v) is 0.668. The van der Waals surface area contributed by atoms with Gasteiger partial charge in [-0.2, -0.15) is 5.10 Å². The van der Waals surface area contributed by atoms with Gasteiger partial charge in [-0.25, -0.2) is 11.4 Å². The van der Waals surface area contributed by atoms with Crippen molar-refractivity contribution >= 4 is 5.71 Å². The maximum atomic E-state index is 4.96. The van der Waals surface area contributed by atoms with Crippen LogP contribution in [0.5, 0.6) is 0 Å². The van der Waals surface area contributed by atoms with Gasteiger partial charge in [0.15, 0.2) is 0 Å². The Balaban J connectivity index is 2.55. The molecule has 0 bridgehead atoms. The molecule has 0 aliphatic heterocycles.